The van der Waals surface area contributed by atoms with Gasteiger partial charge in [-0.2, -0.15) is 18.3 Å². The number of nitrogens with zero attached hydrogens (tertiary/aromatic N) is 3. The Morgan fingerprint density at radius 1 is 1.23 bits per heavy atom. The first kappa shape index (κ1) is 19.0. The molecular formula is C16H14F3N5O2. The van der Waals surface area contributed by atoms with Crippen LogP contribution in [-0.4, -0.2) is 27.5 Å². The van der Waals surface area contributed by atoms with Gasteiger partial charge in [-0.15, -0.1) is 0 Å². The molecule has 0 radical (unpaired) electrons. The lowest BCUT2D eigenvalue weighted by molar-refractivity contribution is -0.137. The molecule has 2 rings (SSSR count). The van der Waals surface area contributed by atoms with Gasteiger partial charge in [0.05, 0.1) is 18.2 Å². The molecule has 2 aromatic rings. The van der Waals surface area contributed by atoms with Crippen molar-refractivity contribution in [3.8, 4) is 0 Å². The van der Waals surface area contributed by atoms with Crippen LogP contribution in [-0.2, 0) is 11.0 Å². The van der Waals surface area contributed by atoms with Gasteiger partial charge in [0.25, 0.3) is 5.91 Å². The molecule has 26 heavy (non-hydrogen) atoms. The van der Waals surface area contributed by atoms with Crippen LogP contribution in [0.15, 0.2) is 48.0 Å². The second kappa shape index (κ2) is 8.19. The summed E-state index contributed by atoms with van der Waals surface area (Å²) in [7, 11) is 0. The zero-order valence-corrected chi connectivity index (χ0v) is 13.5. The number of hydrogen-bond donors (Lipinski definition) is 2. The highest BCUT2D eigenvalue weighted by atomic mass is 19.4. The molecule has 1 heterocycles. The number of benzene rings is 1. The number of alkyl halides is 3. The Morgan fingerprint density at radius 3 is 2.65 bits per heavy atom. The molecule has 1 aromatic heterocycles. The number of carbonyl (C=O) groups excluding carboxylic acids is 2. The van der Waals surface area contributed by atoms with E-state index in [4.69, 9.17) is 0 Å². The molecule has 2 N–H and O–H groups in total. The van der Waals surface area contributed by atoms with Crippen LogP contribution in [0.3, 0.4) is 0 Å². The van der Waals surface area contributed by atoms with E-state index in [2.05, 4.69) is 25.8 Å². The molecule has 1 aromatic carbocycles. The van der Waals surface area contributed by atoms with E-state index in [1.165, 1.54) is 37.6 Å². The number of hydrazone groups is 1. The van der Waals surface area contributed by atoms with Gasteiger partial charge in [-0.25, -0.2) is 10.4 Å². The standard InChI is InChI=1S/C16H14F3N5O2/c1-10(23-24-15(26)13-9-20-5-6-21-13)7-14(25)22-12-4-2-3-11(8-12)16(17,18)19/h2-6,8-9H,7H2,1H3,(H,22,25)(H,24,26)/b23-10-. The van der Waals surface area contributed by atoms with Crippen LogP contribution < -0.4 is 10.7 Å². The third-order valence-corrected chi connectivity index (χ3v) is 3.03. The number of halogens is 3. The van der Waals surface area contributed by atoms with Crippen molar-refractivity contribution in [3.05, 3.63) is 54.1 Å². The lowest BCUT2D eigenvalue weighted by atomic mass is 10.2. The largest absolute Gasteiger partial charge is 0.416 e. The summed E-state index contributed by atoms with van der Waals surface area (Å²) < 4.78 is 37.9. The van der Waals surface area contributed by atoms with Crippen LogP contribution >= 0.6 is 0 Å². The predicted molar refractivity (Wildman–Crippen MR) is 87.3 cm³/mol. The average molecular weight is 365 g/mol. The zero-order valence-electron chi connectivity index (χ0n) is 13.5. The molecule has 0 atom stereocenters. The Bertz CT molecular complexity index is 822. The summed E-state index contributed by atoms with van der Waals surface area (Å²) in [5.41, 5.74) is 1.68. The number of carbonyl (C=O) groups is 2. The fourth-order valence-electron chi connectivity index (χ4n) is 1.87. The highest BCUT2D eigenvalue weighted by molar-refractivity contribution is 6.06. The Balaban J connectivity index is 1.92. The SMILES string of the molecule is C/C(CC(=O)Nc1cccc(C(F)(F)F)c1)=N/NC(=O)c1cnccn1. The maximum atomic E-state index is 12.6. The van der Waals surface area contributed by atoms with Crippen LogP contribution in [0.1, 0.15) is 29.4 Å². The van der Waals surface area contributed by atoms with Crippen molar-refractivity contribution in [2.75, 3.05) is 5.32 Å². The van der Waals surface area contributed by atoms with E-state index in [9.17, 15) is 22.8 Å². The Kier molecular flexibility index (Phi) is 5.99. The van der Waals surface area contributed by atoms with Gasteiger partial charge in [-0.05, 0) is 25.1 Å². The van der Waals surface area contributed by atoms with E-state index in [0.717, 1.165) is 12.1 Å². The van der Waals surface area contributed by atoms with Gasteiger partial charge in [0.15, 0.2) is 0 Å². The summed E-state index contributed by atoms with van der Waals surface area (Å²) in [4.78, 5) is 31.1. The Labute approximate surface area is 146 Å². The van der Waals surface area contributed by atoms with E-state index in [1.54, 1.807) is 0 Å². The average Bonchev–Trinajstić information content (AvgIpc) is 2.60. The lowest BCUT2D eigenvalue weighted by Crippen LogP contribution is -2.22. The first-order chi connectivity index (χ1) is 12.3. The lowest BCUT2D eigenvalue weighted by Gasteiger charge is -2.10. The van der Waals surface area contributed by atoms with Crippen molar-refractivity contribution < 1.29 is 22.8 Å². The number of hydrogen-bond acceptors (Lipinski definition) is 5. The van der Waals surface area contributed by atoms with Gasteiger partial charge in [0.2, 0.25) is 5.91 Å². The minimum Gasteiger partial charge on any atom is -0.326 e. The molecule has 0 saturated heterocycles. The highest BCUT2D eigenvalue weighted by Gasteiger charge is 2.30. The minimum atomic E-state index is -4.50. The molecule has 10 heteroatoms. The summed E-state index contributed by atoms with van der Waals surface area (Å²) in [6.45, 7) is 1.49. The molecule has 0 saturated carbocycles. The first-order valence-electron chi connectivity index (χ1n) is 7.32. The smallest absolute Gasteiger partial charge is 0.326 e. The topological polar surface area (TPSA) is 96.3 Å². The number of anilines is 1. The van der Waals surface area contributed by atoms with E-state index in [0.29, 0.717) is 0 Å². The molecule has 2 amide bonds. The molecule has 0 aliphatic heterocycles. The van der Waals surface area contributed by atoms with E-state index < -0.39 is 23.6 Å². The number of aromatic nitrogens is 2. The Hall–Kier alpha value is -3.30. The summed E-state index contributed by atoms with van der Waals surface area (Å²) in [6, 6.07) is 4.28. The summed E-state index contributed by atoms with van der Waals surface area (Å²) in [6.07, 6.45) is -0.711. The maximum Gasteiger partial charge on any atom is 0.416 e. The van der Waals surface area contributed by atoms with Crippen molar-refractivity contribution in [2.45, 2.75) is 19.5 Å². The molecule has 0 aliphatic rings. The first-order valence-corrected chi connectivity index (χ1v) is 7.32. The van der Waals surface area contributed by atoms with Crippen molar-refractivity contribution >= 4 is 23.2 Å². The second-order valence-electron chi connectivity index (χ2n) is 5.18. The minimum absolute atomic E-state index is 0.0150. The van der Waals surface area contributed by atoms with Crippen LogP contribution in [0.5, 0.6) is 0 Å². The summed E-state index contributed by atoms with van der Waals surface area (Å²) in [5, 5.41) is 6.10. The molecule has 0 unspecified atom stereocenters. The Morgan fingerprint density at radius 2 is 2.00 bits per heavy atom. The van der Waals surface area contributed by atoms with Crippen molar-refractivity contribution in [1.29, 1.82) is 0 Å². The van der Waals surface area contributed by atoms with Gasteiger partial charge in [-0.3, -0.25) is 14.6 Å². The second-order valence-corrected chi connectivity index (χ2v) is 5.18. The van der Waals surface area contributed by atoms with Crippen molar-refractivity contribution in [3.63, 3.8) is 0 Å². The van der Waals surface area contributed by atoms with Gasteiger partial charge >= 0.3 is 6.18 Å². The highest BCUT2D eigenvalue weighted by Crippen LogP contribution is 2.30. The van der Waals surface area contributed by atoms with Crippen LogP contribution in [0, 0.1) is 0 Å². The van der Waals surface area contributed by atoms with Gasteiger partial charge in [-0.1, -0.05) is 6.07 Å². The van der Waals surface area contributed by atoms with Crippen molar-refractivity contribution in [1.82, 2.24) is 15.4 Å². The molecule has 136 valence electrons. The summed E-state index contributed by atoms with van der Waals surface area (Å²) >= 11 is 0. The molecule has 7 nitrogen and oxygen atoms in total. The molecule has 0 fully saturated rings. The van der Waals surface area contributed by atoms with Crippen LogP contribution in [0.2, 0.25) is 0 Å². The third-order valence-electron chi connectivity index (χ3n) is 3.03. The predicted octanol–water partition coefficient (Wildman–Crippen LogP) is 2.63. The molecule has 0 aliphatic carbocycles. The summed E-state index contributed by atoms with van der Waals surface area (Å²) in [5.74, 6) is -1.17. The van der Waals surface area contributed by atoms with E-state index in [-0.39, 0.29) is 23.5 Å². The quantitative estimate of drug-likeness (QED) is 0.629. The van der Waals surface area contributed by atoms with Crippen molar-refractivity contribution in [2.24, 2.45) is 5.10 Å². The fourth-order valence-corrected chi connectivity index (χ4v) is 1.87. The fraction of sp³-hybridized carbons (Fsp3) is 0.188. The van der Waals surface area contributed by atoms with E-state index in [1.807, 2.05) is 0 Å². The maximum absolute atomic E-state index is 12.6. The monoisotopic (exact) mass is 365 g/mol. The molecule has 0 spiro atoms. The third kappa shape index (κ3) is 5.65. The normalized spacial score (nSPS) is 11.8. The zero-order chi connectivity index (χ0) is 19.2. The molecular weight excluding hydrogens is 351 g/mol. The van der Waals surface area contributed by atoms with Gasteiger partial charge in [0, 0.05) is 23.8 Å². The molecule has 0 bridgehead atoms. The van der Waals surface area contributed by atoms with Crippen LogP contribution in [0.4, 0.5) is 18.9 Å². The number of rotatable bonds is 5. The van der Waals surface area contributed by atoms with E-state index >= 15 is 0 Å². The number of amides is 2. The number of nitrogens with one attached hydrogen (secondary N) is 2. The van der Waals surface area contributed by atoms with Gasteiger partial charge in [0.1, 0.15) is 5.69 Å². The van der Waals surface area contributed by atoms with Crippen LogP contribution in [0.25, 0.3) is 0 Å². The van der Waals surface area contributed by atoms with Gasteiger partial charge < -0.3 is 5.32 Å².